The van der Waals surface area contributed by atoms with Crippen LogP contribution in [-0.2, 0) is 25.3 Å². The fourth-order valence-electron chi connectivity index (χ4n) is 6.09. The van der Waals surface area contributed by atoms with Crippen molar-refractivity contribution in [1.82, 2.24) is 0 Å². The van der Waals surface area contributed by atoms with Gasteiger partial charge in [0.25, 0.3) is 0 Å². The van der Waals surface area contributed by atoms with Crippen LogP contribution in [0.3, 0.4) is 0 Å². The van der Waals surface area contributed by atoms with Crippen molar-refractivity contribution in [2.45, 2.75) is 0 Å². The van der Waals surface area contributed by atoms with E-state index in [0.717, 1.165) is 12.3 Å². The lowest BCUT2D eigenvalue weighted by Gasteiger charge is -2.28. The van der Waals surface area contributed by atoms with Crippen molar-refractivity contribution in [3.8, 4) is 10.8 Å². The maximum atomic E-state index is 7.13. The molecule has 0 radical (unpaired) electrons. The normalized spacial score (nSPS) is 10.7. The lowest BCUT2D eigenvalue weighted by atomic mass is 10.4. The van der Waals surface area contributed by atoms with Crippen molar-refractivity contribution in [1.29, 1.82) is 10.5 Å². The van der Waals surface area contributed by atoms with Gasteiger partial charge in [-0.25, -0.2) is 10.5 Å². The summed E-state index contributed by atoms with van der Waals surface area (Å²) in [6, 6.07) is 67.0. The van der Waals surface area contributed by atoms with Gasteiger partial charge < -0.3 is 25.3 Å². The third-order valence-corrected chi connectivity index (χ3v) is 16.7. The van der Waals surface area contributed by atoms with Gasteiger partial charge in [-0.3, -0.25) is 0 Å². The molecule has 0 spiro atoms. The van der Waals surface area contributed by atoms with E-state index in [-0.39, 0.29) is 0 Å². The predicted molar refractivity (Wildman–Crippen MR) is 215 cm³/mol. The molecular weight excluding hydrogens is 659 g/mol. The molecule has 48 heavy (non-hydrogen) atoms. The molecule has 6 rings (SSSR count). The van der Waals surface area contributed by atoms with Gasteiger partial charge in [0.15, 0.2) is 0 Å². The molecule has 2 nitrogen and oxygen atoms in total. The van der Waals surface area contributed by atoms with Crippen LogP contribution < -0.4 is 31.8 Å². The summed E-state index contributed by atoms with van der Waals surface area (Å²) in [5.74, 6) is 0. The molecule has 6 aromatic rings. The summed E-state index contributed by atoms with van der Waals surface area (Å²) < 4.78 is 0. The third-order valence-electron chi connectivity index (χ3n) is 8.11. The first-order valence-corrected chi connectivity index (χ1v) is 20.2. The van der Waals surface area contributed by atoms with Crippen LogP contribution >= 0.6 is 14.5 Å². The number of nitrogens with zero attached hydrogens (tertiary/aromatic N) is 2. The van der Waals surface area contributed by atoms with Crippen molar-refractivity contribution in [3.63, 3.8) is 0 Å². The molecule has 0 aromatic heterocycles. The van der Waals surface area contributed by atoms with Gasteiger partial charge >= 0.3 is 0 Å². The molecule has 0 unspecified atom stereocenters. The number of benzene rings is 6. The van der Waals surface area contributed by atoms with Crippen LogP contribution in [0, 0.1) is 21.3 Å². The molecule has 0 fully saturated rings. The minimum Gasteiger partial charge on any atom is -0.696 e. The minimum absolute atomic E-state index is 0.976. The Hall–Kier alpha value is -4.66. The maximum absolute atomic E-state index is 7.13. The summed E-state index contributed by atoms with van der Waals surface area (Å²) in [7, 11) is -3.85. The number of hydrogen-bond donors (Lipinski definition) is 0. The second kappa shape index (κ2) is 19.2. The number of hydrogen-bond acceptors (Lipinski definition) is 4. The van der Waals surface area contributed by atoms with Crippen LogP contribution in [-0.4, -0.2) is 12.3 Å². The fourth-order valence-corrected chi connectivity index (χ4v) is 14.2. The average Bonchev–Trinajstić information content (AvgIpc) is 3.16. The van der Waals surface area contributed by atoms with Gasteiger partial charge in [-0.05, 0) is 84.9 Å². The monoisotopic (exact) mass is 694 g/mol. The first-order valence-electron chi connectivity index (χ1n) is 15.4. The molecule has 236 valence electrons. The largest absolute Gasteiger partial charge is 0.696 e. The van der Waals surface area contributed by atoms with Gasteiger partial charge in [-0.15, -0.1) is 0 Å². The molecule has 6 aromatic carbocycles. The molecule has 0 atom stereocenters. The van der Waals surface area contributed by atoms with Crippen molar-refractivity contribution in [2.24, 2.45) is 0 Å². The molecule has 0 N–H and O–H groups in total. The number of rotatable bonds is 10. The molecular formula is C42H36N2P2S2. The molecule has 0 saturated carbocycles. The van der Waals surface area contributed by atoms with Gasteiger partial charge in [0, 0.05) is 0 Å². The van der Waals surface area contributed by atoms with Gasteiger partial charge in [0.2, 0.25) is 0 Å². The van der Waals surface area contributed by atoms with Gasteiger partial charge in [0.1, 0.15) is 46.4 Å². The molecule has 0 aliphatic rings. The van der Waals surface area contributed by atoms with Crippen LogP contribution in [0.1, 0.15) is 0 Å². The van der Waals surface area contributed by atoms with Crippen LogP contribution in [0.2, 0.25) is 0 Å². The maximum Gasteiger partial charge on any atom is 0.115 e. The van der Waals surface area contributed by atoms with Crippen molar-refractivity contribution in [2.75, 3.05) is 12.3 Å². The van der Waals surface area contributed by atoms with E-state index in [9.17, 15) is 0 Å². The third kappa shape index (κ3) is 8.62. The second-order valence-electron chi connectivity index (χ2n) is 10.7. The summed E-state index contributed by atoms with van der Waals surface area (Å²) >= 11 is 7.40. The van der Waals surface area contributed by atoms with E-state index in [1.54, 1.807) is 0 Å². The van der Waals surface area contributed by atoms with Crippen molar-refractivity contribution in [3.05, 3.63) is 194 Å². The molecule has 0 bridgehead atoms. The Balaban J connectivity index is 0.000000808. The highest BCUT2D eigenvalue weighted by molar-refractivity contribution is 7.96. The number of allylic oxidation sites excluding steroid dienone is 2. The van der Waals surface area contributed by atoms with E-state index in [1.165, 1.54) is 42.6 Å². The number of nitriles is 2. The van der Waals surface area contributed by atoms with Crippen molar-refractivity contribution < 1.29 is 0 Å². The lowest BCUT2D eigenvalue weighted by Crippen LogP contribution is -2.33. The molecule has 0 heterocycles. The quantitative estimate of drug-likeness (QED) is 0.0643. The molecule has 0 amide bonds. The average molecular weight is 695 g/mol. The Morgan fingerprint density at radius 3 is 0.646 bits per heavy atom. The smallest absolute Gasteiger partial charge is 0.115 e. The highest BCUT2D eigenvalue weighted by Gasteiger charge is 2.46. The Bertz CT molecular complexity index is 1560. The molecule has 0 aliphatic carbocycles. The summed E-state index contributed by atoms with van der Waals surface area (Å²) in [6.07, 6.45) is 6.93. The zero-order valence-electron chi connectivity index (χ0n) is 26.5. The summed E-state index contributed by atoms with van der Waals surface area (Å²) in [5.41, 5.74) is 0. The van der Waals surface area contributed by atoms with Crippen LogP contribution in [0.4, 0.5) is 0 Å². The fraction of sp³-hybridized carbons (Fsp3) is 0.0476. The van der Waals surface area contributed by atoms with Gasteiger partial charge in [0.05, 0.1) is 12.3 Å². The van der Waals surface area contributed by atoms with E-state index >= 15 is 0 Å². The van der Waals surface area contributed by atoms with Crippen LogP contribution in [0.15, 0.2) is 194 Å². The molecule has 0 aliphatic heterocycles. The van der Waals surface area contributed by atoms with E-state index < -0.39 is 14.5 Å². The summed E-state index contributed by atoms with van der Waals surface area (Å²) in [5, 5.41) is 25.4. The van der Waals surface area contributed by atoms with E-state index in [1.807, 2.05) is 0 Å². The Kier molecular flexibility index (Phi) is 14.5. The van der Waals surface area contributed by atoms with Gasteiger partial charge in [-0.1, -0.05) is 120 Å². The topological polar surface area (TPSA) is 47.6 Å². The first-order chi connectivity index (χ1) is 23.7. The minimum atomic E-state index is -1.93. The number of thiocyanates is 2. The second-order valence-corrected chi connectivity index (χ2v) is 18.1. The first kappa shape index (κ1) is 36.2. The molecule has 6 heteroatoms. The predicted octanol–water partition coefficient (Wildman–Crippen LogP) is 7.56. The Morgan fingerprint density at radius 1 is 0.354 bits per heavy atom. The highest BCUT2D eigenvalue weighted by Crippen LogP contribution is 2.57. The Morgan fingerprint density at radius 2 is 0.500 bits per heavy atom. The SMILES string of the molecule is C(=C/C[P+](c1ccccc1)(c1ccccc1)c1ccccc1)/C[P+](c1ccccc1)(c1ccccc1)c1ccccc1.N#C[S-].N#C[S-]. The zero-order chi connectivity index (χ0) is 33.9. The zero-order valence-corrected chi connectivity index (χ0v) is 29.9. The Labute approximate surface area is 297 Å². The standard InChI is InChI=1S/C40H36P2.2CHNS/c1-7-21-35(22-8-1)41(36-23-9-2-10-24-36,37-25-11-3-12-26-37)33-19-20-34-42(38-27-13-4-14-28-38,39-29-15-5-16-30-39)40-31-17-6-18-32-40;2*2-1-3/h1-32H,33-34H2;2*3H/q+2;;/p-2/b20-19-;;. The van der Waals surface area contributed by atoms with Gasteiger partial charge in [-0.2, -0.15) is 0 Å². The molecule has 0 saturated heterocycles. The van der Waals surface area contributed by atoms with E-state index in [2.05, 4.69) is 219 Å². The summed E-state index contributed by atoms with van der Waals surface area (Å²) in [4.78, 5) is 0. The van der Waals surface area contributed by atoms with E-state index in [4.69, 9.17) is 10.5 Å². The lowest BCUT2D eigenvalue weighted by molar-refractivity contribution is 1.57. The van der Waals surface area contributed by atoms with Crippen molar-refractivity contribution >= 4 is 71.6 Å². The summed E-state index contributed by atoms with van der Waals surface area (Å²) in [6.45, 7) is 0. The highest BCUT2D eigenvalue weighted by atomic mass is 32.1. The van der Waals surface area contributed by atoms with E-state index in [0.29, 0.717) is 0 Å². The van der Waals surface area contributed by atoms with Crippen LogP contribution in [0.5, 0.6) is 0 Å². The van der Waals surface area contributed by atoms with Crippen LogP contribution in [0.25, 0.3) is 0 Å².